The summed E-state index contributed by atoms with van der Waals surface area (Å²) in [7, 11) is -1.15. The highest BCUT2D eigenvalue weighted by Crippen LogP contribution is 2.14. The summed E-state index contributed by atoms with van der Waals surface area (Å²) < 4.78 is 30.1. The number of aromatic nitrogens is 1. The van der Waals surface area contributed by atoms with E-state index in [-0.39, 0.29) is 24.5 Å². The van der Waals surface area contributed by atoms with Gasteiger partial charge in [-0.3, -0.25) is 9.78 Å². The van der Waals surface area contributed by atoms with Gasteiger partial charge in [-0.2, -0.15) is 0 Å². The molecule has 0 saturated carbocycles. The zero-order chi connectivity index (χ0) is 15.9. The summed E-state index contributed by atoms with van der Waals surface area (Å²) in [6.45, 7) is -0.322. The van der Waals surface area contributed by atoms with Crippen LogP contribution in [0.25, 0.3) is 0 Å². The molecule has 1 N–H and O–H groups in total. The highest BCUT2D eigenvalue weighted by atomic mass is 32.2. The molecule has 1 aromatic heterocycles. The van der Waals surface area contributed by atoms with E-state index in [0.29, 0.717) is 5.56 Å². The predicted octanol–water partition coefficient (Wildman–Crippen LogP) is -0.391. The molecule has 0 spiro atoms. The van der Waals surface area contributed by atoms with E-state index in [2.05, 4.69) is 21.6 Å². The molecule has 0 aromatic carbocycles. The molecule has 114 valence electrons. The van der Waals surface area contributed by atoms with Crippen LogP contribution in [0.3, 0.4) is 0 Å². The van der Waals surface area contributed by atoms with Gasteiger partial charge in [-0.05, 0) is 6.07 Å². The quantitative estimate of drug-likeness (QED) is 0.587. The average molecular weight is 312 g/mol. The molecule has 0 bridgehead atoms. The van der Waals surface area contributed by atoms with E-state index in [9.17, 15) is 13.2 Å². The standard InChI is InChI=1S/C13H16N2O5S/c1-15(6-5-13(17)20-2)21(18,19)12-8-11(4-3-7-16)9-14-10-12/h8-10,16H,5-7H2,1-2H3. The third-order valence-corrected chi connectivity index (χ3v) is 4.41. The first-order valence-electron chi connectivity index (χ1n) is 5.99. The zero-order valence-electron chi connectivity index (χ0n) is 11.7. The number of hydrogen-bond donors (Lipinski definition) is 1. The third-order valence-electron chi connectivity index (χ3n) is 2.59. The molecule has 0 aliphatic carbocycles. The van der Waals surface area contributed by atoms with Gasteiger partial charge in [0.05, 0.1) is 13.5 Å². The second-order valence-corrected chi connectivity index (χ2v) is 6.07. The number of rotatable bonds is 5. The van der Waals surface area contributed by atoms with Crippen molar-refractivity contribution in [2.24, 2.45) is 0 Å². The Morgan fingerprint density at radius 2 is 2.19 bits per heavy atom. The molecule has 0 radical (unpaired) electrons. The molecule has 0 saturated heterocycles. The number of methoxy groups -OCH3 is 1. The number of pyridine rings is 1. The predicted molar refractivity (Wildman–Crippen MR) is 74.6 cm³/mol. The Morgan fingerprint density at radius 1 is 1.48 bits per heavy atom. The van der Waals surface area contributed by atoms with Crippen LogP contribution in [0.15, 0.2) is 23.4 Å². The molecule has 8 heteroatoms. The van der Waals surface area contributed by atoms with Crippen LogP contribution in [-0.2, 0) is 19.6 Å². The maximum Gasteiger partial charge on any atom is 0.306 e. The maximum absolute atomic E-state index is 12.3. The average Bonchev–Trinajstić information content (AvgIpc) is 2.50. The molecular formula is C13H16N2O5S. The van der Waals surface area contributed by atoms with Crippen LogP contribution in [0.1, 0.15) is 12.0 Å². The Balaban J connectivity index is 2.94. The lowest BCUT2D eigenvalue weighted by Crippen LogP contribution is -2.29. The molecule has 1 rings (SSSR count). The van der Waals surface area contributed by atoms with Crippen LogP contribution >= 0.6 is 0 Å². The Labute approximate surface area is 123 Å². The van der Waals surface area contributed by atoms with Crippen molar-refractivity contribution in [2.45, 2.75) is 11.3 Å². The van der Waals surface area contributed by atoms with E-state index in [0.717, 1.165) is 4.31 Å². The van der Waals surface area contributed by atoms with Gasteiger partial charge in [0.1, 0.15) is 11.5 Å². The molecular weight excluding hydrogens is 296 g/mol. The number of ether oxygens (including phenoxy) is 1. The van der Waals surface area contributed by atoms with Crippen LogP contribution in [0.4, 0.5) is 0 Å². The van der Waals surface area contributed by atoms with Crippen molar-refractivity contribution in [1.82, 2.24) is 9.29 Å². The van der Waals surface area contributed by atoms with E-state index in [1.165, 1.54) is 32.6 Å². The van der Waals surface area contributed by atoms with Gasteiger partial charge >= 0.3 is 5.97 Å². The van der Waals surface area contributed by atoms with E-state index < -0.39 is 16.0 Å². The van der Waals surface area contributed by atoms with Gasteiger partial charge < -0.3 is 9.84 Å². The smallest absolute Gasteiger partial charge is 0.306 e. The number of esters is 1. The molecule has 21 heavy (non-hydrogen) atoms. The summed E-state index contributed by atoms with van der Waals surface area (Å²) in [5.74, 6) is 4.51. The van der Waals surface area contributed by atoms with Crippen molar-refractivity contribution in [3.05, 3.63) is 24.0 Å². The summed E-state index contributed by atoms with van der Waals surface area (Å²) >= 11 is 0. The SMILES string of the molecule is COC(=O)CCN(C)S(=O)(=O)c1cncc(C#CCO)c1. The van der Waals surface area contributed by atoms with Gasteiger partial charge in [-0.1, -0.05) is 11.8 Å². The minimum Gasteiger partial charge on any atom is -0.469 e. The summed E-state index contributed by atoms with van der Waals surface area (Å²) in [6.07, 6.45) is 2.56. The molecule has 1 aromatic rings. The highest BCUT2D eigenvalue weighted by molar-refractivity contribution is 7.89. The van der Waals surface area contributed by atoms with E-state index in [4.69, 9.17) is 5.11 Å². The van der Waals surface area contributed by atoms with E-state index >= 15 is 0 Å². The molecule has 0 atom stereocenters. The van der Waals surface area contributed by atoms with Crippen molar-refractivity contribution < 1.29 is 23.1 Å². The topological polar surface area (TPSA) is 96.8 Å². The fourth-order valence-electron chi connectivity index (χ4n) is 1.42. The molecule has 7 nitrogen and oxygen atoms in total. The van der Waals surface area contributed by atoms with Crippen LogP contribution < -0.4 is 0 Å². The fourth-order valence-corrected chi connectivity index (χ4v) is 2.58. The zero-order valence-corrected chi connectivity index (χ0v) is 12.6. The number of carbonyl (C=O) groups excluding carboxylic acids is 1. The van der Waals surface area contributed by atoms with Gasteiger partial charge in [0.25, 0.3) is 0 Å². The van der Waals surface area contributed by atoms with Gasteiger partial charge in [0, 0.05) is 31.5 Å². The van der Waals surface area contributed by atoms with Crippen LogP contribution in [-0.4, -0.2) is 56.1 Å². The first-order chi connectivity index (χ1) is 9.91. The number of carbonyl (C=O) groups is 1. The monoisotopic (exact) mass is 312 g/mol. The second-order valence-electron chi connectivity index (χ2n) is 4.02. The largest absolute Gasteiger partial charge is 0.469 e. The number of aliphatic hydroxyl groups is 1. The van der Waals surface area contributed by atoms with Crippen LogP contribution in [0.2, 0.25) is 0 Å². The van der Waals surface area contributed by atoms with Gasteiger partial charge in [-0.25, -0.2) is 12.7 Å². The Kier molecular flexibility index (Phi) is 6.30. The van der Waals surface area contributed by atoms with Crippen LogP contribution in [0, 0.1) is 11.8 Å². The van der Waals surface area contributed by atoms with Crippen molar-refractivity contribution in [1.29, 1.82) is 0 Å². The lowest BCUT2D eigenvalue weighted by atomic mass is 10.3. The number of hydrogen-bond acceptors (Lipinski definition) is 6. The Hall–Kier alpha value is -1.95. The maximum atomic E-state index is 12.3. The first-order valence-corrected chi connectivity index (χ1v) is 7.43. The number of nitrogens with zero attached hydrogens (tertiary/aromatic N) is 2. The van der Waals surface area contributed by atoms with Gasteiger partial charge in [0.15, 0.2) is 0 Å². The number of aliphatic hydroxyl groups excluding tert-OH is 1. The van der Waals surface area contributed by atoms with Gasteiger partial charge in [-0.15, -0.1) is 0 Å². The Morgan fingerprint density at radius 3 is 2.81 bits per heavy atom. The van der Waals surface area contributed by atoms with Gasteiger partial charge in [0.2, 0.25) is 10.0 Å². The van der Waals surface area contributed by atoms with Crippen molar-refractivity contribution in [2.75, 3.05) is 27.3 Å². The molecule has 0 amide bonds. The lowest BCUT2D eigenvalue weighted by Gasteiger charge is -2.16. The molecule has 0 aliphatic rings. The highest BCUT2D eigenvalue weighted by Gasteiger charge is 2.22. The summed E-state index contributed by atoms with van der Waals surface area (Å²) in [5, 5.41) is 8.63. The Bertz CT molecular complexity index is 661. The summed E-state index contributed by atoms with van der Waals surface area (Å²) in [4.78, 5) is 14.8. The van der Waals surface area contributed by atoms with E-state index in [1.54, 1.807) is 0 Å². The van der Waals surface area contributed by atoms with E-state index in [1.807, 2.05) is 0 Å². The fraction of sp³-hybridized carbons (Fsp3) is 0.385. The third kappa shape index (κ3) is 4.82. The van der Waals surface area contributed by atoms with Crippen molar-refractivity contribution in [3.8, 4) is 11.8 Å². The summed E-state index contributed by atoms with van der Waals surface area (Å²) in [5.41, 5.74) is 0.381. The lowest BCUT2D eigenvalue weighted by molar-refractivity contribution is -0.140. The van der Waals surface area contributed by atoms with Crippen molar-refractivity contribution >= 4 is 16.0 Å². The molecule has 0 unspecified atom stereocenters. The van der Waals surface area contributed by atoms with Crippen LogP contribution in [0.5, 0.6) is 0 Å². The normalized spacial score (nSPS) is 10.9. The minimum atomic E-state index is -3.76. The second kappa shape index (κ2) is 7.73. The number of sulfonamides is 1. The summed E-state index contributed by atoms with van der Waals surface area (Å²) in [6, 6.07) is 1.36. The minimum absolute atomic E-state index is 0.00154. The molecule has 0 aliphatic heterocycles. The molecule has 0 fully saturated rings. The first kappa shape index (κ1) is 17.1. The van der Waals surface area contributed by atoms with Crippen molar-refractivity contribution in [3.63, 3.8) is 0 Å². The molecule has 1 heterocycles.